The van der Waals surface area contributed by atoms with E-state index in [9.17, 15) is 0 Å². The molecule has 4 heteroatoms. The summed E-state index contributed by atoms with van der Waals surface area (Å²) in [6, 6.07) is 17.1. The van der Waals surface area contributed by atoms with Crippen molar-refractivity contribution in [2.45, 2.75) is 0 Å². The number of hydrogen-bond acceptors (Lipinski definition) is 3. The molecule has 0 saturated carbocycles. The molecule has 3 rings (SSSR count). The zero-order valence-electron chi connectivity index (χ0n) is 10.1. The summed E-state index contributed by atoms with van der Waals surface area (Å²) < 4.78 is 1.70. The van der Waals surface area contributed by atoms with E-state index in [2.05, 4.69) is 16.2 Å². The maximum atomic E-state index is 9.10. The molecule has 0 atom stereocenters. The number of benzene rings is 1. The molecule has 4 nitrogen and oxygen atoms in total. The second kappa shape index (κ2) is 4.75. The van der Waals surface area contributed by atoms with Crippen molar-refractivity contribution in [3.05, 3.63) is 66.5 Å². The highest BCUT2D eigenvalue weighted by molar-refractivity contribution is 5.55. The molecule has 90 valence electrons. The quantitative estimate of drug-likeness (QED) is 0.698. The Morgan fingerprint density at radius 1 is 0.947 bits per heavy atom. The topological polar surface area (TPSA) is 54.5 Å². The number of nitriles is 1. The monoisotopic (exact) mass is 246 g/mol. The highest BCUT2D eigenvalue weighted by atomic mass is 15.3. The fourth-order valence-corrected chi connectivity index (χ4v) is 1.88. The smallest absolute Gasteiger partial charge is 0.111 e. The number of para-hydroxylation sites is 1. The Kier molecular flexibility index (Phi) is 2.79. The Labute approximate surface area is 110 Å². The third-order valence-corrected chi connectivity index (χ3v) is 2.79. The van der Waals surface area contributed by atoms with Crippen LogP contribution in [-0.2, 0) is 0 Å². The van der Waals surface area contributed by atoms with E-state index in [4.69, 9.17) is 5.26 Å². The summed E-state index contributed by atoms with van der Waals surface area (Å²) >= 11 is 0. The molecule has 0 unspecified atom stereocenters. The molecule has 0 N–H and O–H groups in total. The van der Waals surface area contributed by atoms with Gasteiger partial charge in [-0.15, -0.1) is 0 Å². The minimum atomic E-state index is 0.596. The molecule has 2 heterocycles. The molecule has 0 radical (unpaired) electrons. The Morgan fingerprint density at radius 2 is 1.79 bits per heavy atom. The summed E-state index contributed by atoms with van der Waals surface area (Å²) in [6.07, 6.45) is 3.57. The van der Waals surface area contributed by atoms with E-state index in [-0.39, 0.29) is 0 Å². The fourth-order valence-electron chi connectivity index (χ4n) is 1.88. The van der Waals surface area contributed by atoms with E-state index in [1.165, 1.54) is 0 Å². The lowest BCUT2D eigenvalue weighted by Gasteiger charge is -2.02. The van der Waals surface area contributed by atoms with E-state index >= 15 is 0 Å². The van der Waals surface area contributed by atoms with Crippen molar-refractivity contribution >= 4 is 0 Å². The van der Waals surface area contributed by atoms with Crippen LogP contribution in [0, 0.1) is 11.3 Å². The Hall–Kier alpha value is -2.93. The molecule has 0 aliphatic heterocycles. The van der Waals surface area contributed by atoms with Gasteiger partial charge in [-0.2, -0.15) is 10.4 Å². The molecule has 19 heavy (non-hydrogen) atoms. The van der Waals surface area contributed by atoms with Crippen LogP contribution in [0.3, 0.4) is 0 Å². The summed E-state index contributed by atoms with van der Waals surface area (Å²) in [5.74, 6) is 0. The molecule has 1 aromatic carbocycles. The first-order chi connectivity index (χ1) is 9.38. The van der Waals surface area contributed by atoms with Crippen molar-refractivity contribution in [2.24, 2.45) is 0 Å². The second-order valence-electron chi connectivity index (χ2n) is 3.99. The third kappa shape index (κ3) is 2.09. The molecule has 0 fully saturated rings. The van der Waals surface area contributed by atoms with Gasteiger partial charge in [0.2, 0.25) is 0 Å². The van der Waals surface area contributed by atoms with Gasteiger partial charge in [0.1, 0.15) is 11.8 Å². The summed E-state index contributed by atoms with van der Waals surface area (Å²) in [4.78, 5) is 4.26. The molecule has 0 bridgehead atoms. The van der Waals surface area contributed by atoms with Crippen molar-refractivity contribution in [2.75, 3.05) is 0 Å². The first kappa shape index (κ1) is 11.2. The van der Waals surface area contributed by atoms with Crippen LogP contribution >= 0.6 is 0 Å². The maximum Gasteiger partial charge on any atom is 0.111 e. The van der Waals surface area contributed by atoms with E-state index in [1.54, 1.807) is 16.9 Å². The lowest BCUT2D eigenvalue weighted by atomic mass is 10.2. The summed E-state index contributed by atoms with van der Waals surface area (Å²) in [5.41, 5.74) is 2.97. The van der Waals surface area contributed by atoms with Crippen molar-refractivity contribution in [1.29, 1.82) is 5.26 Å². The summed E-state index contributed by atoms with van der Waals surface area (Å²) in [7, 11) is 0. The van der Waals surface area contributed by atoms with Gasteiger partial charge in [0, 0.05) is 12.4 Å². The van der Waals surface area contributed by atoms with Crippen LogP contribution in [-0.4, -0.2) is 14.8 Å². The van der Waals surface area contributed by atoms with Gasteiger partial charge in [-0.3, -0.25) is 4.98 Å². The molecular weight excluding hydrogens is 236 g/mol. The normalized spacial score (nSPS) is 10.1. The number of aromatic nitrogens is 3. The van der Waals surface area contributed by atoms with Crippen molar-refractivity contribution in [3.63, 3.8) is 0 Å². The van der Waals surface area contributed by atoms with Crippen LogP contribution in [0.2, 0.25) is 0 Å². The average molecular weight is 246 g/mol. The van der Waals surface area contributed by atoms with Gasteiger partial charge in [-0.05, 0) is 30.3 Å². The van der Waals surface area contributed by atoms with Crippen molar-refractivity contribution in [3.8, 4) is 23.1 Å². The van der Waals surface area contributed by atoms with Gasteiger partial charge in [0.15, 0.2) is 0 Å². The van der Waals surface area contributed by atoms with E-state index in [1.807, 2.05) is 48.7 Å². The molecule has 0 amide bonds. The van der Waals surface area contributed by atoms with Crippen LogP contribution in [0.5, 0.6) is 0 Å². The number of pyridine rings is 1. The van der Waals surface area contributed by atoms with Gasteiger partial charge >= 0.3 is 0 Å². The Morgan fingerprint density at radius 3 is 2.58 bits per heavy atom. The molecule has 0 aliphatic carbocycles. The number of nitrogens with zero attached hydrogens (tertiary/aromatic N) is 4. The van der Waals surface area contributed by atoms with E-state index in [0.717, 1.165) is 17.1 Å². The largest absolute Gasteiger partial charge is 0.255 e. The van der Waals surface area contributed by atoms with Crippen molar-refractivity contribution in [1.82, 2.24) is 14.8 Å². The standard InChI is InChI=1S/C15H10N4/c16-11-12-5-1-2-7-15(12)19-10-8-14(18-19)13-6-3-4-9-17-13/h1-10H. The average Bonchev–Trinajstić information content (AvgIpc) is 2.98. The minimum Gasteiger partial charge on any atom is -0.255 e. The summed E-state index contributed by atoms with van der Waals surface area (Å²) in [5, 5.41) is 13.6. The predicted octanol–water partition coefficient (Wildman–Crippen LogP) is 2.81. The van der Waals surface area contributed by atoms with Gasteiger partial charge < -0.3 is 0 Å². The predicted molar refractivity (Wildman–Crippen MR) is 71.5 cm³/mol. The molecule has 2 aromatic heterocycles. The van der Waals surface area contributed by atoms with Gasteiger partial charge in [-0.1, -0.05) is 18.2 Å². The van der Waals surface area contributed by atoms with Gasteiger partial charge in [-0.25, -0.2) is 4.68 Å². The lowest BCUT2D eigenvalue weighted by molar-refractivity contribution is 0.879. The van der Waals surface area contributed by atoms with Crippen LogP contribution in [0.4, 0.5) is 0 Å². The highest BCUT2D eigenvalue weighted by Crippen LogP contribution is 2.17. The maximum absolute atomic E-state index is 9.10. The molecule has 0 saturated heterocycles. The van der Waals surface area contributed by atoms with Crippen molar-refractivity contribution < 1.29 is 0 Å². The number of hydrogen-bond donors (Lipinski definition) is 0. The zero-order valence-corrected chi connectivity index (χ0v) is 10.1. The highest BCUT2D eigenvalue weighted by Gasteiger charge is 2.07. The Bertz CT molecular complexity index is 738. The third-order valence-electron chi connectivity index (χ3n) is 2.79. The zero-order chi connectivity index (χ0) is 13.1. The van der Waals surface area contributed by atoms with Crippen LogP contribution < -0.4 is 0 Å². The van der Waals surface area contributed by atoms with Crippen LogP contribution in [0.15, 0.2) is 60.9 Å². The molecule has 0 spiro atoms. The van der Waals surface area contributed by atoms with Crippen LogP contribution in [0.1, 0.15) is 5.56 Å². The molecule has 3 aromatic rings. The molecular formula is C15H10N4. The summed E-state index contributed by atoms with van der Waals surface area (Å²) in [6.45, 7) is 0. The van der Waals surface area contributed by atoms with Crippen LogP contribution in [0.25, 0.3) is 17.1 Å². The van der Waals surface area contributed by atoms with Gasteiger partial charge in [0.05, 0.1) is 16.9 Å². The minimum absolute atomic E-state index is 0.596. The first-order valence-electron chi connectivity index (χ1n) is 5.85. The SMILES string of the molecule is N#Cc1ccccc1-n1ccc(-c2ccccn2)n1. The fraction of sp³-hybridized carbons (Fsp3) is 0. The van der Waals surface area contributed by atoms with Gasteiger partial charge in [0.25, 0.3) is 0 Å². The number of rotatable bonds is 2. The van der Waals surface area contributed by atoms with E-state index in [0.29, 0.717) is 5.56 Å². The Balaban J connectivity index is 2.05. The second-order valence-corrected chi connectivity index (χ2v) is 3.99. The first-order valence-corrected chi connectivity index (χ1v) is 5.85. The van der Waals surface area contributed by atoms with E-state index < -0.39 is 0 Å². The lowest BCUT2D eigenvalue weighted by Crippen LogP contribution is -1.98. The molecule has 0 aliphatic rings.